The van der Waals surface area contributed by atoms with Crippen LogP contribution in [-0.4, -0.2) is 31.5 Å². The lowest BCUT2D eigenvalue weighted by Gasteiger charge is -2.14. The van der Waals surface area contributed by atoms with Crippen LogP contribution in [0.25, 0.3) is 11.5 Å². The van der Waals surface area contributed by atoms with Gasteiger partial charge in [-0.15, -0.1) is 10.2 Å². The molecule has 0 N–H and O–H groups in total. The van der Waals surface area contributed by atoms with Gasteiger partial charge in [0.2, 0.25) is 11.6 Å². The molecule has 3 rings (SSSR count). The summed E-state index contributed by atoms with van der Waals surface area (Å²) < 4.78 is 104. The number of ether oxygens (including phenoxy) is 4. The molecule has 0 spiro atoms. The molecule has 1 heterocycles. The summed E-state index contributed by atoms with van der Waals surface area (Å²) in [6.07, 6.45) is -9.99. The smallest absolute Gasteiger partial charge is 0.416 e. The van der Waals surface area contributed by atoms with Gasteiger partial charge in [-0.05, 0) is 30.3 Å². The summed E-state index contributed by atoms with van der Waals surface area (Å²) in [6, 6.07) is 3.93. The molecule has 0 amide bonds. The maximum atomic E-state index is 13.0. The molecule has 0 aliphatic rings. The SMILES string of the molecule is COc1cc(-c2nnc(COc3cc(C(F)(F)F)cc(C(F)(F)F)c3)o2)cc(OC)c1OC. The largest absolute Gasteiger partial charge is 0.493 e. The number of aromatic nitrogens is 2. The third-order valence-electron chi connectivity index (χ3n) is 4.30. The van der Waals surface area contributed by atoms with E-state index < -0.39 is 35.8 Å². The molecule has 1 aromatic heterocycles. The van der Waals surface area contributed by atoms with Crippen LogP contribution in [0, 0.1) is 0 Å². The van der Waals surface area contributed by atoms with Gasteiger partial charge in [-0.2, -0.15) is 26.3 Å². The summed E-state index contributed by atoms with van der Waals surface area (Å²) in [5.41, 5.74) is -2.64. The van der Waals surface area contributed by atoms with Crippen LogP contribution in [0.5, 0.6) is 23.0 Å². The van der Waals surface area contributed by atoms with Crippen LogP contribution in [0.3, 0.4) is 0 Å². The van der Waals surface area contributed by atoms with E-state index in [1.54, 1.807) is 0 Å². The summed E-state index contributed by atoms with van der Waals surface area (Å²) in [6.45, 7) is -0.573. The lowest BCUT2D eigenvalue weighted by Crippen LogP contribution is -2.11. The molecule has 33 heavy (non-hydrogen) atoms. The minimum Gasteiger partial charge on any atom is -0.493 e. The predicted molar refractivity (Wildman–Crippen MR) is 100 cm³/mol. The van der Waals surface area contributed by atoms with Crippen molar-refractivity contribution in [2.75, 3.05) is 21.3 Å². The molecule has 0 fully saturated rings. The first-order chi connectivity index (χ1) is 15.5. The first kappa shape index (κ1) is 24.0. The molecular formula is C20H16F6N2O5. The van der Waals surface area contributed by atoms with Crippen LogP contribution in [0.4, 0.5) is 26.3 Å². The minimum absolute atomic E-state index is 0.00210. The van der Waals surface area contributed by atoms with Gasteiger partial charge in [-0.3, -0.25) is 0 Å². The zero-order chi connectivity index (χ0) is 24.4. The highest BCUT2D eigenvalue weighted by Gasteiger charge is 2.37. The number of rotatable bonds is 7. The number of hydrogen-bond donors (Lipinski definition) is 0. The van der Waals surface area contributed by atoms with E-state index in [0.29, 0.717) is 34.9 Å². The van der Waals surface area contributed by atoms with Crippen LogP contribution >= 0.6 is 0 Å². The second kappa shape index (κ2) is 9.08. The normalized spacial score (nSPS) is 11.9. The van der Waals surface area contributed by atoms with Crippen molar-refractivity contribution < 1.29 is 49.7 Å². The van der Waals surface area contributed by atoms with Crippen LogP contribution < -0.4 is 18.9 Å². The molecule has 13 heteroatoms. The molecule has 0 radical (unpaired) electrons. The molecule has 0 aliphatic carbocycles. The Morgan fingerprint density at radius 2 is 1.30 bits per heavy atom. The quantitative estimate of drug-likeness (QED) is 0.422. The second-order valence-electron chi connectivity index (χ2n) is 6.45. The van der Waals surface area contributed by atoms with E-state index in [1.807, 2.05) is 0 Å². The van der Waals surface area contributed by atoms with Crippen molar-refractivity contribution in [1.29, 1.82) is 0 Å². The third kappa shape index (κ3) is 5.41. The topological polar surface area (TPSA) is 75.8 Å². The van der Waals surface area contributed by atoms with Crippen molar-refractivity contribution in [3.63, 3.8) is 0 Å². The minimum atomic E-state index is -5.00. The zero-order valence-corrected chi connectivity index (χ0v) is 17.3. The average molecular weight is 478 g/mol. The molecule has 3 aromatic rings. The Morgan fingerprint density at radius 1 is 0.758 bits per heavy atom. The van der Waals surface area contributed by atoms with Gasteiger partial charge in [0.1, 0.15) is 5.75 Å². The zero-order valence-electron chi connectivity index (χ0n) is 17.3. The Balaban J connectivity index is 1.85. The lowest BCUT2D eigenvalue weighted by atomic mass is 10.1. The van der Waals surface area contributed by atoms with Gasteiger partial charge in [0.25, 0.3) is 5.89 Å². The third-order valence-corrected chi connectivity index (χ3v) is 4.30. The van der Waals surface area contributed by atoms with Gasteiger partial charge in [-0.25, -0.2) is 0 Å². The Bertz CT molecular complexity index is 1070. The van der Waals surface area contributed by atoms with Gasteiger partial charge < -0.3 is 23.4 Å². The van der Waals surface area contributed by atoms with Gasteiger partial charge >= 0.3 is 12.4 Å². The van der Waals surface area contributed by atoms with Crippen LogP contribution in [-0.2, 0) is 19.0 Å². The number of nitrogens with zero attached hydrogens (tertiary/aromatic N) is 2. The van der Waals surface area contributed by atoms with E-state index in [0.717, 1.165) is 0 Å². The number of benzene rings is 2. The molecule has 0 saturated carbocycles. The summed E-state index contributed by atoms with van der Waals surface area (Å²) in [5.74, 6) is 0.0390. The van der Waals surface area contributed by atoms with Crippen molar-refractivity contribution in [1.82, 2.24) is 10.2 Å². The molecular weight excluding hydrogens is 462 g/mol. The standard InChI is InChI=1S/C20H16F6N2O5/c1-29-14-4-10(5-15(30-2)17(14)31-3)18-28-27-16(33-18)9-32-13-7-11(19(21,22)23)6-12(8-13)20(24,25)26/h4-8H,9H2,1-3H3. The molecule has 0 saturated heterocycles. The number of halogens is 6. The fourth-order valence-electron chi connectivity index (χ4n) is 2.79. The summed E-state index contributed by atoms with van der Waals surface area (Å²) in [7, 11) is 4.22. The Labute approximate surface area is 182 Å². The highest BCUT2D eigenvalue weighted by molar-refractivity contribution is 5.65. The van der Waals surface area contributed by atoms with E-state index >= 15 is 0 Å². The van der Waals surface area contributed by atoms with Crippen molar-refractivity contribution in [2.45, 2.75) is 19.0 Å². The summed E-state index contributed by atoms with van der Waals surface area (Å²) in [5, 5.41) is 7.51. The second-order valence-corrected chi connectivity index (χ2v) is 6.45. The van der Waals surface area contributed by atoms with E-state index in [2.05, 4.69) is 10.2 Å². The van der Waals surface area contributed by atoms with Crippen molar-refractivity contribution >= 4 is 0 Å². The molecule has 0 bridgehead atoms. The molecule has 0 atom stereocenters. The summed E-state index contributed by atoms with van der Waals surface area (Å²) >= 11 is 0. The van der Waals surface area contributed by atoms with Gasteiger partial charge in [0, 0.05) is 5.56 Å². The van der Waals surface area contributed by atoms with Gasteiger partial charge in [0.05, 0.1) is 32.5 Å². The van der Waals surface area contributed by atoms with E-state index in [1.165, 1.54) is 33.5 Å². The molecule has 178 valence electrons. The molecule has 7 nitrogen and oxygen atoms in total. The highest BCUT2D eigenvalue weighted by Crippen LogP contribution is 2.41. The Kier molecular flexibility index (Phi) is 6.60. The molecule has 0 unspecified atom stereocenters. The number of alkyl halides is 6. The number of hydrogen-bond acceptors (Lipinski definition) is 7. The van der Waals surface area contributed by atoms with Gasteiger partial charge in [0.15, 0.2) is 18.1 Å². The fraction of sp³-hybridized carbons (Fsp3) is 0.300. The average Bonchev–Trinajstić information content (AvgIpc) is 3.24. The van der Waals surface area contributed by atoms with E-state index in [-0.39, 0.29) is 17.8 Å². The fourth-order valence-corrected chi connectivity index (χ4v) is 2.79. The Hall–Kier alpha value is -3.64. The van der Waals surface area contributed by atoms with Crippen LogP contribution in [0.2, 0.25) is 0 Å². The molecule has 0 aliphatic heterocycles. The Morgan fingerprint density at radius 3 is 1.76 bits per heavy atom. The first-order valence-electron chi connectivity index (χ1n) is 9.01. The van der Waals surface area contributed by atoms with Crippen LogP contribution in [0.15, 0.2) is 34.7 Å². The maximum Gasteiger partial charge on any atom is 0.416 e. The summed E-state index contributed by atoms with van der Waals surface area (Å²) in [4.78, 5) is 0. The monoisotopic (exact) mass is 478 g/mol. The van der Waals surface area contributed by atoms with Crippen LogP contribution in [0.1, 0.15) is 17.0 Å². The van der Waals surface area contributed by atoms with E-state index in [9.17, 15) is 26.3 Å². The van der Waals surface area contributed by atoms with Crippen molar-refractivity contribution in [3.8, 4) is 34.5 Å². The highest BCUT2D eigenvalue weighted by atomic mass is 19.4. The lowest BCUT2D eigenvalue weighted by molar-refractivity contribution is -0.143. The number of methoxy groups -OCH3 is 3. The predicted octanol–water partition coefficient (Wildman–Crippen LogP) is 5.38. The first-order valence-corrected chi connectivity index (χ1v) is 9.01. The molecule has 2 aromatic carbocycles. The maximum absolute atomic E-state index is 13.0. The van der Waals surface area contributed by atoms with E-state index in [4.69, 9.17) is 23.4 Å². The van der Waals surface area contributed by atoms with Crippen molar-refractivity contribution in [3.05, 3.63) is 47.3 Å². The van der Waals surface area contributed by atoms with Gasteiger partial charge in [-0.1, -0.05) is 0 Å². The van der Waals surface area contributed by atoms with Crippen molar-refractivity contribution in [2.24, 2.45) is 0 Å².